The number of carbonyl (C=O) groups excluding carboxylic acids is 4. The van der Waals surface area contributed by atoms with Gasteiger partial charge in [-0.15, -0.1) is 0 Å². The molecule has 2 bridgehead atoms. The third-order valence-corrected chi connectivity index (χ3v) is 5.48. The number of esters is 2. The quantitative estimate of drug-likeness (QED) is 0.455. The fourth-order valence-electron chi connectivity index (χ4n) is 4.59. The van der Waals surface area contributed by atoms with Crippen LogP contribution in [0.5, 0.6) is 0 Å². The molecule has 1 aromatic rings. The van der Waals surface area contributed by atoms with Crippen LogP contribution in [0.4, 0.5) is 5.69 Å². The number of ether oxygens (including phenoxy) is 2. The van der Waals surface area contributed by atoms with E-state index in [1.54, 1.807) is 42.5 Å². The minimum Gasteiger partial charge on any atom is -0.458 e. The van der Waals surface area contributed by atoms with Gasteiger partial charge in [-0.25, -0.2) is 0 Å². The Balaban J connectivity index is 1.74. The monoisotopic (exact) mass is 369 g/mol. The largest absolute Gasteiger partial charge is 0.458 e. The molecule has 7 nitrogen and oxygen atoms in total. The first-order valence-corrected chi connectivity index (χ1v) is 8.86. The number of carbonyl (C=O) groups is 4. The molecular weight excluding hydrogens is 350 g/mol. The van der Waals surface area contributed by atoms with Crippen molar-refractivity contribution >= 4 is 29.4 Å². The normalized spacial score (nSPS) is 33.8. The Hall–Kier alpha value is -2.96. The van der Waals surface area contributed by atoms with Crippen molar-refractivity contribution in [2.75, 3.05) is 4.90 Å². The van der Waals surface area contributed by atoms with Gasteiger partial charge in [0.15, 0.2) is 0 Å². The van der Waals surface area contributed by atoms with Crippen LogP contribution in [-0.2, 0) is 28.7 Å². The summed E-state index contributed by atoms with van der Waals surface area (Å²) < 4.78 is 10.8. The van der Waals surface area contributed by atoms with E-state index in [0.717, 1.165) is 0 Å². The van der Waals surface area contributed by atoms with Crippen molar-refractivity contribution in [1.82, 2.24) is 0 Å². The first-order chi connectivity index (χ1) is 12.9. The molecule has 1 aromatic carbocycles. The molecule has 0 aromatic heterocycles. The third kappa shape index (κ3) is 2.65. The number of nitrogens with zero attached hydrogens (tertiary/aromatic N) is 1. The molecule has 1 saturated carbocycles. The summed E-state index contributed by atoms with van der Waals surface area (Å²) in [7, 11) is 0. The Morgan fingerprint density at radius 2 is 1.26 bits per heavy atom. The predicted octanol–water partition coefficient (Wildman–Crippen LogP) is 1.47. The maximum Gasteiger partial charge on any atom is 0.303 e. The van der Waals surface area contributed by atoms with E-state index >= 15 is 0 Å². The molecule has 1 heterocycles. The molecule has 0 unspecified atom stereocenters. The number of hydrogen-bond donors (Lipinski definition) is 0. The van der Waals surface area contributed by atoms with Crippen molar-refractivity contribution in [3.05, 3.63) is 42.5 Å². The lowest BCUT2D eigenvalue weighted by Crippen LogP contribution is -2.58. The van der Waals surface area contributed by atoms with Crippen molar-refractivity contribution in [3.8, 4) is 0 Å². The molecule has 2 amide bonds. The van der Waals surface area contributed by atoms with Crippen molar-refractivity contribution in [3.63, 3.8) is 0 Å². The van der Waals surface area contributed by atoms with Gasteiger partial charge >= 0.3 is 11.9 Å². The fourth-order valence-corrected chi connectivity index (χ4v) is 4.59. The topological polar surface area (TPSA) is 90.0 Å². The van der Waals surface area contributed by atoms with Crippen LogP contribution in [0.3, 0.4) is 0 Å². The summed E-state index contributed by atoms with van der Waals surface area (Å²) in [5.74, 6) is -3.97. The molecule has 7 heteroatoms. The van der Waals surface area contributed by atoms with Crippen LogP contribution < -0.4 is 4.90 Å². The minimum absolute atomic E-state index is 0.311. The molecule has 0 N–H and O–H groups in total. The molecule has 140 valence electrons. The highest BCUT2D eigenvalue weighted by molar-refractivity contribution is 6.22. The first kappa shape index (κ1) is 17.5. The zero-order valence-corrected chi connectivity index (χ0v) is 14.9. The van der Waals surface area contributed by atoms with E-state index in [-0.39, 0.29) is 11.8 Å². The van der Waals surface area contributed by atoms with E-state index in [1.807, 2.05) is 0 Å². The summed E-state index contributed by atoms with van der Waals surface area (Å²) in [6.07, 6.45) is 2.04. The number of anilines is 1. The predicted molar refractivity (Wildman–Crippen MR) is 93.1 cm³/mol. The summed E-state index contributed by atoms with van der Waals surface area (Å²) >= 11 is 0. The summed E-state index contributed by atoms with van der Waals surface area (Å²) in [6.45, 7) is 2.54. The van der Waals surface area contributed by atoms with Crippen molar-refractivity contribution in [1.29, 1.82) is 0 Å². The number of fused-ring (bicyclic) bond motifs is 1. The van der Waals surface area contributed by atoms with Gasteiger partial charge in [-0.2, -0.15) is 0 Å². The third-order valence-electron chi connectivity index (χ3n) is 5.48. The fraction of sp³-hybridized carbons (Fsp3) is 0.400. The Morgan fingerprint density at radius 3 is 1.67 bits per heavy atom. The second-order valence-electron chi connectivity index (χ2n) is 7.09. The van der Waals surface area contributed by atoms with Gasteiger partial charge in [-0.1, -0.05) is 30.4 Å². The number of benzene rings is 1. The lowest BCUT2D eigenvalue weighted by Gasteiger charge is -2.47. The molecule has 4 aliphatic rings. The maximum atomic E-state index is 13.1. The Morgan fingerprint density at radius 1 is 0.815 bits per heavy atom. The van der Waals surface area contributed by atoms with Gasteiger partial charge < -0.3 is 9.47 Å². The van der Waals surface area contributed by atoms with Gasteiger partial charge in [0.05, 0.1) is 17.5 Å². The van der Waals surface area contributed by atoms with Crippen LogP contribution in [-0.4, -0.2) is 36.0 Å². The summed E-state index contributed by atoms with van der Waals surface area (Å²) in [5, 5.41) is 0. The molecule has 3 aliphatic carbocycles. The zero-order valence-electron chi connectivity index (χ0n) is 14.9. The van der Waals surface area contributed by atoms with E-state index in [4.69, 9.17) is 9.47 Å². The molecule has 27 heavy (non-hydrogen) atoms. The Labute approximate surface area is 155 Å². The molecule has 0 radical (unpaired) electrons. The second kappa shape index (κ2) is 6.33. The van der Waals surface area contributed by atoms with Gasteiger partial charge in [0, 0.05) is 25.7 Å². The van der Waals surface area contributed by atoms with Gasteiger partial charge in [-0.3, -0.25) is 24.1 Å². The number of rotatable bonds is 3. The Bertz CT molecular complexity index is 797. The molecule has 6 atom stereocenters. The molecular formula is C20H19NO6. The van der Waals surface area contributed by atoms with Crippen LogP contribution in [0, 0.1) is 23.7 Å². The zero-order chi connectivity index (χ0) is 19.3. The number of amides is 2. The first-order valence-electron chi connectivity index (χ1n) is 8.86. The van der Waals surface area contributed by atoms with E-state index in [9.17, 15) is 19.2 Å². The highest BCUT2D eigenvalue weighted by atomic mass is 16.6. The van der Waals surface area contributed by atoms with Gasteiger partial charge in [0.25, 0.3) is 0 Å². The van der Waals surface area contributed by atoms with E-state index in [1.165, 1.54) is 18.7 Å². The number of imide groups is 1. The lowest BCUT2D eigenvalue weighted by molar-refractivity contribution is -0.187. The van der Waals surface area contributed by atoms with Crippen LogP contribution in [0.15, 0.2) is 42.5 Å². The average Bonchev–Trinajstić information content (AvgIpc) is 2.90. The van der Waals surface area contributed by atoms with Crippen LogP contribution in [0.2, 0.25) is 0 Å². The van der Waals surface area contributed by atoms with E-state index in [0.29, 0.717) is 5.69 Å². The maximum absolute atomic E-state index is 13.1. The highest BCUT2D eigenvalue weighted by Crippen LogP contribution is 2.52. The SMILES string of the molecule is CC(=O)O[C@H]1[C@H]2C=C[C@@H]([C@@H]1OC(C)=O)[C@@H]1C(=O)N(c3ccccc3)C(=O)[C@H]21. The molecule has 2 fully saturated rings. The summed E-state index contributed by atoms with van der Waals surface area (Å²) in [5.41, 5.74) is 0.509. The average molecular weight is 369 g/mol. The summed E-state index contributed by atoms with van der Waals surface area (Å²) in [6, 6.07) is 8.73. The molecule has 1 aliphatic heterocycles. The van der Waals surface area contributed by atoms with Crippen LogP contribution >= 0.6 is 0 Å². The van der Waals surface area contributed by atoms with Gasteiger partial charge in [-0.05, 0) is 12.1 Å². The molecule has 5 rings (SSSR count). The lowest BCUT2D eigenvalue weighted by atomic mass is 9.60. The van der Waals surface area contributed by atoms with Crippen LogP contribution in [0.1, 0.15) is 13.8 Å². The smallest absolute Gasteiger partial charge is 0.303 e. The minimum atomic E-state index is -0.782. The van der Waals surface area contributed by atoms with Crippen molar-refractivity contribution in [2.45, 2.75) is 26.1 Å². The second-order valence-corrected chi connectivity index (χ2v) is 7.09. The molecule has 0 spiro atoms. The van der Waals surface area contributed by atoms with Crippen LogP contribution in [0.25, 0.3) is 0 Å². The highest BCUT2D eigenvalue weighted by Gasteiger charge is 2.64. The van der Waals surface area contributed by atoms with Crippen molar-refractivity contribution < 1.29 is 28.7 Å². The standard InChI is InChI=1S/C20H19NO6/c1-10(22)26-17-13-8-9-14(18(17)27-11(2)23)16-15(13)19(24)21(20(16)25)12-6-4-3-5-7-12/h3-9,13-18H,1-2H3/t13-,14+,15+,16-,17-,18-/m0/s1. The summed E-state index contributed by atoms with van der Waals surface area (Å²) in [4.78, 5) is 50.6. The Kier molecular flexibility index (Phi) is 4.09. The number of hydrogen-bond acceptors (Lipinski definition) is 6. The number of para-hydroxylation sites is 1. The van der Waals surface area contributed by atoms with E-state index in [2.05, 4.69) is 0 Å². The van der Waals surface area contributed by atoms with Gasteiger partial charge in [0.2, 0.25) is 11.8 Å². The van der Waals surface area contributed by atoms with Crippen molar-refractivity contribution in [2.24, 2.45) is 23.7 Å². The molecule has 1 saturated heterocycles. The van der Waals surface area contributed by atoms with Gasteiger partial charge in [0.1, 0.15) is 12.2 Å². The van der Waals surface area contributed by atoms with E-state index < -0.39 is 47.8 Å².